The van der Waals surface area contributed by atoms with Gasteiger partial charge in [-0.15, -0.1) is 0 Å². The third-order valence-electron chi connectivity index (χ3n) is 3.16. The van der Waals surface area contributed by atoms with Crippen molar-refractivity contribution in [2.75, 3.05) is 12.4 Å². The largest absolute Gasteiger partial charge is 0.480 e. The normalized spacial score (nSPS) is 13.6. The first-order valence-corrected chi connectivity index (χ1v) is 6.30. The second kappa shape index (κ2) is 6.89. The third-order valence-corrected chi connectivity index (χ3v) is 3.16. The number of carboxylic acid groups (broad SMARTS) is 1. The van der Waals surface area contributed by atoms with E-state index in [2.05, 4.69) is 24.5 Å². The first kappa shape index (κ1) is 15.2. The zero-order valence-electron chi connectivity index (χ0n) is 11.4. The van der Waals surface area contributed by atoms with Gasteiger partial charge in [-0.3, -0.25) is 10.1 Å². The maximum Gasteiger partial charge on any atom is 0.330 e. The number of carboxylic acids is 1. The Morgan fingerprint density at radius 2 is 1.84 bits per heavy atom. The molecule has 2 atom stereocenters. The molecular formula is C14H20N2O3. The van der Waals surface area contributed by atoms with E-state index in [9.17, 15) is 9.59 Å². The highest BCUT2D eigenvalue weighted by Crippen LogP contribution is 2.20. The number of nitrogens with one attached hydrogen (secondary N) is 2. The van der Waals surface area contributed by atoms with Gasteiger partial charge in [0.15, 0.2) is 6.04 Å². The molecule has 0 saturated carbocycles. The number of hydrogen-bond donors (Lipinski definition) is 3. The molecule has 0 aromatic heterocycles. The predicted octanol–water partition coefficient (Wildman–Crippen LogP) is 1.81. The smallest absolute Gasteiger partial charge is 0.330 e. The molecule has 0 spiro atoms. The standard InChI is InChI=1S/C14H20N2O3/c1-4-9(2)10-5-7-11(8-6-10)16-13(17)12(15-3)14(18)19/h5-9,12,15H,4H2,1-3H3,(H,16,17)(H,18,19). The van der Waals surface area contributed by atoms with Crippen LogP contribution in [0.4, 0.5) is 5.69 Å². The molecule has 19 heavy (non-hydrogen) atoms. The van der Waals surface area contributed by atoms with Crippen molar-refractivity contribution in [3.8, 4) is 0 Å². The summed E-state index contributed by atoms with van der Waals surface area (Å²) in [6, 6.07) is 6.22. The van der Waals surface area contributed by atoms with Crippen LogP contribution in [0.25, 0.3) is 0 Å². The summed E-state index contributed by atoms with van der Waals surface area (Å²) in [6.45, 7) is 4.25. The summed E-state index contributed by atoms with van der Waals surface area (Å²) < 4.78 is 0. The molecule has 0 heterocycles. The molecule has 5 nitrogen and oxygen atoms in total. The van der Waals surface area contributed by atoms with E-state index in [1.807, 2.05) is 12.1 Å². The first-order valence-electron chi connectivity index (χ1n) is 6.30. The number of rotatable bonds is 6. The average molecular weight is 264 g/mol. The molecule has 3 N–H and O–H groups in total. The second-order valence-corrected chi connectivity index (χ2v) is 4.48. The summed E-state index contributed by atoms with van der Waals surface area (Å²) in [5, 5.41) is 13.9. The van der Waals surface area contributed by atoms with Crippen molar-refractivity contribution in [2.45, 2.75) is 32.2 Å². The summed E-state index contributed by atoms with van der Waals surface area (Å²) in [5.41, 5.74) is 1.79. The Bertz CT molecular complexity index is 443. The van der Waals surface area contributed by atoms with Crippen LogP contribution in [0, 0.1) is 0 Å². The fourth-order valence-corrected chi connectivity index (χ4v) is 1.71. The molecule has 2 unspecified atom stereocenters. The Kier molecular flexibility index (Phi) is 5.51. The Morgan fingerprint density at radius 3 is 2.26 bits per heavy atom. The summed E-state index contributed by atoms with van der Waals surface area (Å²) in [5.74, 6) is -1.31. The molecule has 1 rings (SSSR count). The summed E-state index contributed by atoms with van der Waals surface area (Å²) >= 11 is 0. The predicted molar refractivity (Wildman–Crippen MR) is 74.3 cm³/mol. The summed E-state index contributed by atoms with van der Waals surface area (Å²) in [4.78, 5) is 22.5. The van der Waals surface area contributed by atoms with Crippen LogP contribution in [0.2, 0.25) is 0 Å². The van der Waals surface area contributed by atoms with Gasteiger partial charge in [0.2, 0.25) is 0 Å². The SMILES string of the molecule is CCC(C)c1ccc(NC(=O)C(NC)C(=O)O)cc1. The monoisotopic (exact) mass is 264 g/mol. The Morgan fingerprint density at radius 1 is 1.26 bits per heavy atom. The van der Waals surface area contributed by atoms with Crippen LogP contribution in [-0.2, 0) is 9.59 Å². The van der Waals surface area contributed by atoms with Crippen LogP contribution >= 0.6 is 0 Å². The van der Waals surface area contributed by atoms with Gasteiger partial charge in [0.25, 0.3) is 5.91 Å². The fourth-order valence-electron chi connectivity index (χ4n) is 1.71. The number of amides is 1. The Labute approximate surface area is 113 Å². The molecule has 0 fully saturated rings. The number of anilines is 1. The maximum atomic E-state index is 11.7. The van der Waals surface area contributed by atoms with E-state index in [1.54, 1.807) is 12.1 Å². The van der Waals surface area contributed by atoms with E-state index >= 15 is 0 Å². The topological polar surface area (TPSA) is 78.4 Å². The van der Waals surface area contributed by atoms with Crippen LogP contribution in [0.1, 0.15) is 31.7 Å². The van der Waals surface area contributed by atoms with Gasteiger partial charge in [-0.2, -0.15) is 0 Å². The van der Waals surface area contributed by atoms with Gasteiger partial charge in [0.1, 0.15) is 0 Å². The molecule has 1 amide bonds. The molecular weight excluding hydrogens is 244 g/mol. The van der Waals surface area contributed by atoms with E-state index in [-0.39, 0.29) is 0 Å². The third kappa shape index (κ3) is 4.06. The number of carbonyl (C=O) groups excluding carboxylic acids is 1. The van der Waals surface area contributed by atoms with Crippen molar-refractivity contribution < 1.29 is 14.7 Å². The van der Waals surface area contributed by atoms with Crippen LogP contribution in [0.3, 0.4) is 0 Å². The van der Waals surface area contributed by atoms with Crippen LogP contribution < -0.4 is 10.6 Å². The molecule has 0 saturated heterocycles. The van der Waals surface area contributed by atoms with Crippen molar-refractivity contribution in [3.05, 3.63) is 29.8 Å². The van der Waals surface area contributed by atoms with Gasteiger partial charge >= 0.3 is 5.97 Å². The van der Waals surface area contributed by atoms with E-state index in [0.717, 1.165) is 6.42 Å². The highest BCUT2D eigenvalue weighted by molar-refractivity contribution is 6.07. The van der Waals surface area contributed by atoms with Gasteiger partial charge in [-0.05, 0) is 37.1 Å². The molecule has 0 bridgehead atoms. The summed E-state index contributed by atoms with van der Waals surface area (Å²) in [6.07, 6.45) is 1.05. The lowest BCUT2D eigenvalue weighted by molar-refractivity contribution is -0.142. The zero-order chi connectivity index (χ0) is 14.4. The molecule has 104 valence electrons. The molecule has 0 radical (unpaired) electrons. The minimum absolute atomic E-state index is 0.467. The van der Waals surface area contributed by atoms with Crippen molar-refractivity contribution in [3.63, 3.8) is 0 Å². The van der Waals surface area contributed by atoms with Crippen molar-refractivity contribution in [2.24, 2.45) is 0 Å². The van der Waals surface area contributed by atoms with E-state index < -0.39 is 17.9 Å². The number of benzene rings is 1. The Balaban J connectivity index is 2.72. The van der Waals surface area contributed by atoms with Gasteiger partial charge in [0, 0.05) is 5.69 Å². The number of aliphatic carboxylic acids is 1. The molecule has 1 aromatic rings. The highest BCUT2D eigenvalue weighted by atomic mass is 16.4. The molecule has 0 aliphatic heterocycles. The van der Waals surface area contributed by atoms with Crippen molar-refractivity contribution in [1.82, 2.24) is 5.32 Å². The first-order chi connectivity index (χ1) is 8.99. The molecule has 1 aromatic carbocycles. The lowest BCUT2D eigenvalue weighted by Crippen LogP contribution is -2.44. The molecule has 0 aliphatic rings. The number of carbonyl (C=O) groups is 2. The van der Waals surface area contributed by atoms with E-state index in [4.69, 9.17) is 5.11 Å². The molecule has 5 heteroatoms. The average Bonchev–Trinajstić information content (AvgIpc) is 2.39. The minimum atomic E-state index is -1.24. The van der Waals surface area contributed by atoms with Crippen LogP contribution in [-0.4, -0.2) is 30.1 Å². The zero-order valence-corrected chi connectivity index (χ0v) is 11.4. The van der Waals surface area contributed by atoms with Gasteiger partial charge < -0.3 is 10.4 Å². The van der Waals surface area contributed by atoms with Gasteiger partial charge in [-0.25, -0.2) is 4.79 Å². The van der Waals surface area contributed by atoms with E-state index in [0.29, 0.717) is 11.6 Å². The fraction of sp³-hybridized carbons (Fsp3) is 0.429. The maximum absolute atomic E-state index is 11.7. The molecule has 0 aliphatic carbocycles. The lowest BCUT2D eigenvalue weighted by Gasteiger charge is -2.13. The highest BCUT2D eigenvalue weighted by Gasteiger charge is 2.23. The summed E-state index contributed by atoms with van der Waals surface area (Å²) in [7, 11) is 1.43. The van der Waals surface area contributed by atoms with Gasteiger partial charge in [-0.1, -0.05) is 26.0 Å². The number of likely N-dealkylation sites (N-methyl/N-ethyl adjacent to an activating group) is 1. The lowest BCUT2D eigenvalue weighted by atomic mass is 9.98. The van der Waals surface area contributed by atoms with Crippen LogP contribution in [0.15, 0.2) is 24.3 Å². The number of hydrogen-bond acceptors (Lipinski definition) is 3. The van der Waals surface area contributed by atoms with Crippen LogP contribution in [0.5, 0.6) is 0 Å². The van der Waals surface area contributed by atoms with Gasteiger partial charge in [0.05, 0.1) is 0 Å². The van der Waals surface area contributed by atoms with Crippen molar-refractivity contribution in [1.29, 1.82) is 0 Å². The second-order valence-electron chi connectivity index (χ2n) is 4.48. The quantitative estimate of drug-likeness (QED) is 0.685. The van der Waals surface area contributed by atoms with Crippen molar-refractivity contribution >= 4 is 17.6 Å². The minimum Gasteiger partial charge on any atom is -0.480 e. The Hall–Kier alpha value is -1.88. The van der Waals surface area contributed by atoms with E-state index in [1.165, 1.54) is 12.6 Å².